The molecule has 1 aromatic heterocycles. The van der Waals surface area contributed by atoms with E-state index in [1.807, 2.05) is 31.2 Å². The number of aromatic amines is 1. The highest BCUT2D eigenvalue weighted by atomic mass is 79.9. The minimum absolute atomic E-state index is 0.175. The Bertz CT molecular complexity index is 548. The monoisotopic (exact) mass is 264 g/mol. The average Bonchev–Trinajstić information content (AvgIpc) is 2.17. The molecule has 1 N–H and O–H groups in total. The van der Waals surface area contributed by atoms with E-state index in [9.17, 15) is 4.79 Å². The summed E-state index contributed by atoms with van der Waals surface area (Å²) in [6, 6.07) is 9.35. The molecule has 15 heavy (non-hydrogen) atoms. The van der Waals surface area contributed by atoms with Crippen molar-refractivity contribution in [2.45, 2.75) is 6.92 Å². The van der Waals surface area contributed by atoms with Gasteiger partial charge in [-0.3, -0.25) is 4.79 Å². The summed E-state index contributed by atoms with van der Waals surface area (Å²) in [4.78, 5) is 11.0. The second-order valence-electron chi connectivity index (χ2n) is 3.27. The number of nitrogens with zero attached hydrogens (tertiary/aromatic N) is 1. The van der Waals surface area contributed by atoms with Crippen LogP contribution in [0.4, 0.5) is 0 Å². The summed E-state index contributed by atoms with van der Waals surface area (Å²) in [5.74, 6) is 0. The van der Waals surface area contributed by atoms with E-state index in [1.165, 1.54) is 0 Å². The fourth-order valence-corrected chi connectivity index (χ4v) is 1.82. The number of hydrogen-bond acceptors (Lipinski definition) is 2. The van der Waals surface area contributed by atoms with Crippen LogP contribution >= 0.6 is 15.9 Å². The lowest BCUT2D eigenvalue weighted by molar-refractivity contribution is 0.981. The molecule has 0 amide bonds. The topological polar surface area (TPSA) is 45.8 Å². The Hall–Kier alpha value is -1.42. The van der Waals surface area contributed by atoms with Crippen molar-refractivity contribution >= 4 is 15.9 Å². The van der Waals surface area contributed by atoms with Gasteiger partial charge in [0.1, 0.15) is 0 Å². The Morgan fingerprint density at radius 2 is 2.13 bits per heavy atom. The van der Waals surface area contributed by atoms with E-state index < -0.39 is 0 Å². The number of H-pyrrole nitrogens is 1. The predicted molar refractivity (Wildman–Crippen MR) is 62.7 cm³/mol. The van der Waals surface area contributed by atoms with Crippen molar-refractivity contribution in [3.05, 3.63) is 50.7 Å². The minimum atomic E-state index is -0.175. The first-order valence-corrected chi connectivity index (χ1v) is 5.28. The SMILES string of the molecule is Cc1cc(=O)[nH]nc1-c1cccc(Br)c1. The van der Waals surface area contributed by atoms with E-state index in [-0.39, 0.29) is 5.56 Å². The normalized spacial score (nSPS) is 10.3. The Kier molecular flexibility index (Phi) is 2.68. The van der Waals surface area contributed by atoms with E-state index >= 15 is 0 Å². The minimum Gasteiger partial charge on any atom is -0.268 e. The van der Waals surface area contributed by atoms with E-state index in [0.717, 1.165) is 21.3 Å². The van der Waals surface area contributed by atoms with Crippen LogP contribution < -0.4 is 5.56 Å². The van der Waals surface area contributed by atoms with Gasteiger partial charge in [-0.2, -0.15) is 5.10 Å². The lowest BCUT2D eigenvalue weighted by Gasteiger charge is -2.03. The number of aromatic nitrogens is 2. The van der Waals surface area contributed by atoms with E-state index in [2.05, 4.69) is 26.1 Å². The second kappa shape index (κ2) is 3.98. The van der Waals surface area contributed by atoms with Gasteiger partial charge in [-0.05, 0) is 24.6 Å². The molecule has 0 aliphatic rings. The highest BCUT2D eigenvalue weighted by molar-refractivity contribution is 9.10. The number of halogens is 1. The molecule has 0 fully saturated rings. The summed E-state index contributed by atoms with van der Waals surface area (Å²) in [5, 5.41) is 6.47. The number of nitrogens with one attached hydrogen (secondary N) is 1. The van der Waals surface area contributed by atoms with E-state index in [0.29, 0.717) is 0 Å². The fraction of sp³-hybridized carbons (Fsp3) is 0.0909. The van der Waals surface area contributed by atoms with Gasteiger partial charge in [0.05, 0.1) is 5.69 Å². The van der Waals surface area contributed by atoms with Gasteiger partial charge in [-0.1, -0.05) is 28.1 Å². The zero-order valence-corrected chi connectivity index (χ0v) is 9.71. The van der Waals surface area contributed by atoms with Crippen molar-refractivity contribution in [1.29, 1.82) is 0 Å². The summed E-state index contributed by atoms with van der Waals surface area (Å²) in [7, 11) is 0. The van der Waals surface area contributed by atoms with Crippen LogP contribution in [0.5, 0.6) is 0 Å². The van der Waals surface area contributed by atoms with Crippen LogP contribution in [0, 0.1) is 6.92 Å². The van der Waals surface area contributed by atoms with Crippen LogP contribution in [0.25, 0.3) is 11.3 Å². The largest absolute Gasteiger partial charge is 0.268 e. The quantitative estimate of drug-likeness (QED) is 0.861. The Labute approximate surface area is 95.3 Å². The van der Waals surface area contributed by atoms with Crippen LogP contribution in [-0.4, -0.2) is 10.2 Å². The van der Waals surface area contributed by atoms with E-state index in [1.54, 1.807) is 6.07 Å². The summed E-state index contributed by atoms with van der Waals surface area (Å²) in [6.07, 6.45) is 0. The number of aryl methyl sites for hydroxylation is 1. The molecule has 0 bridgehead atoms. The zero-order valence-electron chi connectivity index (χ0n) is 8.12. The van der Waals surface area contributed by atoms with Gasteiger partial charge in [0, 0.05) is 16.1 Å². The standard InChI is InChI=1S/C11H9BrN2O/c1-7-5-10(15)13-14-11(7)8-3-2-4-9(12)6-8/h2-6H,1H3,(H,13,15). The molecule has 0 saturated heterocycles. The molecule has 0 radical (unpaired) electrons. The maximum absolute atomic E-state index is 11.0. The molecular formula is C11H9BrN2O. The fourth-order valence-electron chi connectivity index (χ4n) is 1.42. The van der Waals surface area contributed by atoms with Gasteiger partial charge in [0.2, 0.25) is 0 Å². The molecule has 0 atom stereocenters. The third-order valence-electron chi connectivity index (χ3n) is 2.10. The highest BCUT2D eigenvalue weighted by Gasteiger charge is 2.04. The van der Waals surface area contributed by atoms with Crippen LogP contribution in [0.15, 0.2) is 39.6 Å². The lowest BCUT2D eigenvalue weighted by Crippen LogP contribution is -2.08. The maximum Gasteiger partial charge on any atom is 0.264 e. The number of hydrogen-bond donors (Lipinski definition) is 1. The molecule has 4 heteroatoms. The van der Waals surface area contributed by atoms with Gasteiger partial charge in [-0.15, -0.1) is 0 Å². The first-order chi connectivity index (χ1) is 7.16. The van der Waals surface area contributed by atoms with Crippen LogP contribution in [0.2, 0.25) is 0 Å². The first kappa shape index (κ1) is 10.1. The van der Waals surface area contributed by atoms with Gasteiger partial charge < -0.3 is 0 Å². The van der Waals surface area contributed by atoms with E-state index in [4.69, 9.17) is 0 Å². The molecular weight excluding hydrogens is 256 g/mol. The Morgan fingerprint density at radius 1 is 1.33 bits per heavy atom. The number of benzene rings is 1. The Morgan fingerprint density at radius 3 is 2.80 bits per heavy atom. The highest BCUT2D eigenvalue weighted by Crippen LogP contribution is 2.22. The van der Waals surface area contributed by atoms with Crippen molar-refractivity contribution in [3.8, 4) is 11.3 Å². The molecule has 0 unspecified atom stereocenters. The van der Waals surface area contributed by atoms with Crippen molar-refractivity contribution in [2.75, 3.05) is 0 Å². The summed E-state index contributed by atoms with van der Waals surface area (Å²) < 4.78 is 0.993. The van der Waals surface area contributed by atoms with Gasteiger partial charge in [0.25, 0.3) is 5.56 Å². The van der Waals surface area contributed by atoms with Crippen LogP contribution in [-0.2, 0) is 0 Å². The van der Waals surface area contributed by atoms with Gasteiger partial charge in [0.15, 0.2) is 0 Å². The van der Waals surface area contributed by atoms with Gasteiger partial charge >= 0.3 is 0 Å². The van der Waals surface area contributed by atoms with Crippen molar-refractivity contribution in [2.24, 2.45) is 0 Å². The molecule has 2 rings (SSSR count). The van der Waals surface area contributed by atoms with Gasteiger partial charge in [-0.25, -0.2) is 5.10 Å². The third kappa shape index (κ3) is 2.15. The third-order valence-corrected chi connectivity index (χ3v) is 2.59. The summed E-state index contributed by atoms with van der Waals surface area (Å²) >= 11 is 3.40. The molecule has 0 saturated carbocycles. The zero-order chi connectivity index (χ0) is 10.8. The average molecular weight is 265 g/mol. The maximum atomic E-state index is 11.0. The summed E-state index contributed by atoms with van der Waals surface area (Å²) in [5.41, 5.74) is 2.48. The smallest absolute Gasteiger partial charge is 0.264 e. The molecule has 3 nitrogen and oxygen atoms in total. The van der Waals surface area contributed by atoms with Crippen LogP contribution in [0.3, 0.4) is 0 Å². The molecule has 1 aromatic carbocycles. The number of rotatable bonds is 1. The van der Waals surface area contributed by atoms with Crippen molar-refractivity contribution in [3.63, 3.8) is 0 Å². The van der Waals surface area contributed by atoms with Crippen molar-refractivity contribution < 1.29 is 0 Å². The summed E-state index contributed by atoms with van der Waals surface area (Å²) in [6.45, 7) is 1.87. The van der Waals surface area contributed by atoms with Crippen LogP contribution in [0.1, 0.15) is 5.56 Å². The molecule has 0 spiro atoms. The Balaban J connectivity index is 2.59. The molecule has 2 aromatic rings. The molecule has 0 aliphatic heterocycles. The van der Waals surface area contributed by atoms with Crippen molar-refractivity contribution in [1.82, 2.24) is 10.2 Å². The molecule has 76 valence electrons. The predicted octanol–water partition coefficient (Wildman–Crippen LogP) is 2.51. The molecule has 0 aliphatic carbocycles. The molecule has 1 heterocycles. The first-order valence-electron chi connectivity index (χ1n) is 4.49. The second-order valence-corrected chi connectivity index (χ2v) is 4.19. The lowest BCUT2D eigenvalue weighted by atomic mass is 10.1.